The molecule has 0 amide bonds. The summed E-state index contributed by atoms with van der Waals surface area (Å²) in [6.45, 7) is 7.58. The Labute approximate surface area is 126 Å². The summed E-state index contributed by atoms with van der Waals surface area (Å²) in [6, 6.07) is 17.8. The van der Waals surface area contributed by atoms with E-state index in [9.17, 15) is 0 Å². The third kappa shape index (κ3) is 3.65. The zero-order valence-electron chi connectivity index (χ0n) is 12.5. The van der Waals surface area contributed by atoms with Crippen molar-refractivity contribution in [2.45, 2.75) is 43.0 Å². The molecule has 2 heteroatoms. The zero-order chi connectivity index (χ0) is 14.4. The number of hydrogen-bond acceptors (Lipinski definition) is 2. The molecule has 0 aromatic heterocycles. The summed E-state index contributed by atoms with van der Waals surface area (Å²) in [5.74, 6) is 0. The van der Waals surface area contributed by atoms with E-state index in [4.69, 9.17) is 0 Å². The minimum Gasteiger partial charge on any atom is -0.310 e. The summed E-state index contributed by atoms with van der Waals surface area (Å²) >= 11 is 1.87. The molecule has 2 aromatic rings. The Morgan fingerprint density at radius 1 is 0.950 bits per heavy atom. The number of aryl methyl sites for hydroxylation is 1. The van der Waals surface area contributed by atoms with Crippen LogP contribution in [-0.2, 0) is 0 Å². The predicted molar refractivity (Wildman–Crippen MR) is 88.5 cm³/mol. The van der Waals surface area contributed by atoms with Crippen LogP contribution in [0.25, 0.3) is 0 Å². The number of nitrogens with one attached hydrogen (secondary N) is 1. The highest BCUT2D eigenvalue weighted by Crippen LogP contribution is 2.35. The van der Waals surface area contributed by atoms with Crippen molar-refractivity contribution in [3.8, 4) is 0 Å². The summed E-state index contributed by atoms with van der Waals surface area (Å²) in [6.07, 6.45) is 1.11. The molecule has 1 nitrogen and oxygen atoms in total. The molecule has 20 heavy (non-hydrogen) atoms. The third-order valence-corrected chi connectivity index (χ3v) is 4.74. The quantitative estimate of drug-likeness (QED) is 0.782. The van der Waals surface area contributed by atoms with Crippen LogP contribution in [0.3, 0.4) is 0 Å². The van der Waals surface area contributed by atoms with E-state index in [0.29, 0.717) is 6.04 Å². The molecule has 0 spiro atoms. The Kier molecular flexibility index (Phi) is 5.69. The highest BCUT2D eigenvalue weighted by atomic mass is 32.2. The molecule has 0 saturated carbocycles. The topological polar surface area (TPSA) is 12.0 Å². The zero-order valence-corrected chi connectivity index (χ0v) is 13.3. The van der Waals surface area contributed by atoms with Crippen molar-refractivity contribution in [1.82, 2.24) is 5.32 Å². The van der Waals surface area contributed by atoms with E-state index in [0.717, 1.165) is 13.0 Å². The second kappa shape index (κ2) is 7.51. The van der Waals surface area contributed by atoms with Gasteiger partial charge in [0.2, 0.25) is 0 Å². The molecule has 0 aliphatic rings. The van der Waals surface area contributed by atoms with Crippen LogP contribution in [0.1, 0.15) is 37.4 Å². The van der Waals surface area contributed by atoms with Gasteiger partial charge < -0.3 is 5.32 Å². The molecule has 1 atom stereocenters. The van der Waals surface area contributed by atoms with E-state index in [1.807, 2.05) is 11.8 Å². The Balaban J connectivity index is 2.30. The molecule has 0 aliphatic carbocycles. The maximum atomic E-state index is 3.58. The van der Waals surface area contributed by atoms with Gasteiger partial charge in [0.05, 0.1) is 0 Å². The average Bonchev–Trinajstić information content (AvgIpc) is 2.48. The Morgan fingerprint density at radius 3 is 2.25 bits per heavy atom. The Bertz CT molecular complexity index is 551. The smallest absolute Gasteiger partial charge is 0.0328 e. The summed E-state index contributed by atoms with van der Waals surface area (Å²) in [5, 5.41) is 3.58. The molecule has 0 saturated heterocycles. The van der Waals surface area contributed by atoms with Gasteiger partial charge in [-0.2, -0.15) is 0 Å². The first kappa shape index (κ1) is 15.1. The van der Waals surface area contributed by atoms with E-state index in [1.165, 1.54) is 20.9 Å². The van der Waals surface area contributed by atoms with Crippen LogP contribution in [0, 0.1) is 6.92 Å². The van der Waals surface area contributed by atoms with Crippen molar-refractivity contribution in [2.24, 2.45) is 0 Å². The lowest BCUT2D eigenvalue weighted by Gasteiger charge is -2.20. The SMILES string of the molecule is CCNC(CC)c1ccccc1Sc1ccccc1C. The second-order valence-electron chi connectivity index (χ2n) is 4.92. The van der Waals surface area contributed by atoms with Crippen LogP contribution in [0.4, 0.5) is 0 Å². The van der Waals surface area contributed by atoms with Gasteiger partial charge >= 0.3 is 0 Å². The number of hydrogen-bond donors (Lipinski definition) is 1. The molecule has 1 unspecified atom stereocenters. The normalized spacial score (nSPS) is 12.3. The summed E-state index contributed by atoms with van der Waals surface area (Å²) < 4.78 is 0. The highest BCUT2D eigenvalue weighted by molar-refractivity contribution is 7.99. The van der Waals surface area contributed by atoms with Crippen LogP contribution < -0.4 is 5.32 Å². The first-order chi connectivity index (χ1) is 9.76. The molecule has 0 aliphatic heterocycles. The van der Waals surface area contributed by atoms with Crippen LogP contribution in [0.2, 0.25) is 0 Å². The van der Waals surface area contributed by atoms with Gasteiger partial charge in [0.25, 0.3) is 0 Å². The van der Waals surface area contributed by atoms with Crippen LogP contribution >= 0.6 is 11.8 Å². The van der Waals surface area contributed by atoms with Gasteiger partial charge in [0.15, 0.2) is 0 Å². The largest absolute Gasteiger partial charge is 0.310 e. The lowest BCUT2D eigenvalue weighted by atomic mass is 10.0. The van der Waals surface area contributed by atoms with Gasteiger partial charge in [-0.05, 0) is 43.1 Å². The second-order valence-corrected chi connectivity index (χ2v) is 6.01. The molecular formula is C18H23NS. The lowest BCUT2D eigenvalue weighted by molar-refractivity contribution is 0.530. The first-order valence-electron chi connectivity index (χ1n) is 7.32. The predicted octanol–water partition coefficient (Wildman–Crippen LogP) is 5.21. The molecule has 0 bridgehead atoms. The monoisotopic (exact) mass is 285 g/mol. The minimum absolute atomic E-state index is 0.438. The fraction of sp³-hybridized carbons (Fsp3) is 0.333. The highest BCUT2D eigenvalue weighted by Gasteiger charge is 2.13. The van der Waals surface area contributed by atoms with E-state index in [-0.39, 0.29) is 0 Å². The molecule has 0 fully saturated rings. The van der Waals surface area contributed by atoms with Crippen molar-refractivity contribution < 1.29 is 0 Å². The van der Waals surface area contributed by atoms with Crippen molar-refractivity contribution >= 4 is 11.8 Å². The van der Waals surface area contributed by atoms with Crippen LogP contribution in [0.15, 0.2) is 58.3 Å². The average molecular weight is 285 g/mol. The van der Waals surface area contributed by atoms with Crippen molar-refractivity contribution in [2.75, 3.05) is 6.54 Å². The van der Waals surface area contributed by atoms with Crippen molar-refractivity contribution in [1.29, 1.82) is 0 Å². The molecule has 0 heterocycles. The van der Waals surface area contributed by atoms with Crippen LogP contribution in [-0.4, -0.2) is 6.54 Å². The number of rotatable bonds is 6. The fourth-order valence-electron chi connectivity index (χ4n) is 2.37. The summed E-state index contributed by atoms with van der Waals surface area (Å²) in [5.41, 5.74) is 2.74. The first-order valence-corrected chi connectivity index (χ1v) is 8.13. The lowest BCUT2D eigenvalue weighted by Crippen LogP contribution is -2.20. The maximum absolute atomic E-state index is 3.58. The molecule has 1 N–H and O–H groups in total. The standard InChI is InChI=1S/C18H23NS/c1-4-16(19-5-2)15-11-7-9-13-18(15)20-17-12-8-6-10-14(17)3/h6-13,16,19H,4-5H2,1-3H3. The van der Waals surface area contributed by atoms with Gasteiger partial charge in [-0.1, -0.05) is 62.0 Å². The van der Waals surface area contributed by atoms with E-state index in [2.05, 4.69) is 74.6 Å². The van der Waals surface area contributed by atoms with Crippen molar-refractivity contribution in [3.63, 3.8) is 0 Å². The third-order valence-electron chi connectivity index (χ3n) is 3.47. The molecule has 106 valence electrons. The summed E-state index contributed by atoms with van der Waals surface area (Å²) in [4.78, 5) is 2.70. The Morgan fingerprint density at radius 2 is 1.60 bits per heavy atom. The van der Waals surface area contributed by atoms with Gasteiger partial charge in [-0.25, -0.2) is 0 Å². The number of benzene rings is 2. The van der Waals surface area contributed by atoms with Gasteiger partial charge in [0, 0.05) is 15.8 Å². The van der Waals surface area contributed by atoms with E-state index < -0.39 is 0 Å². The van der Waals surface area contributed by atoms with Gasteiger partial charge in [0.1, 0.15) is 0 Å². The maximum Gasteiger partial charge on any atom is 0.0328 e. The minimum atomic E-state index is 0.438. The molecular weight excluding hydrogens is 262 g/mol. The molecule has 2 aromatic carbocycles. The van der Waals surface area contributed by atoms with E-state index in [1.54, 1.807) is 0 Å². The van der Waals surface area contributed by atoms with Crippen molar-refractivity contribution in [3.05, 3.63) is 59.7 Å². The van der Waals surface area contributed by atoms with Gasteiger partial charge in [-0.3, -0.25) is 0 Å². The van der Waals surface area contributed by atoms with E-state index >= 15 is 0 Å². The Hall–Kier alpha value is -1.25. The molecule has 0 radical (unpaired) electrons. The molecule has 2 rings (SSSR count). The van der Waals surface area contributed by atoms with Crippen LogP contribution in [0.5, 0.6) is 0 Å². The van der Waals surface area contributed by atoms with Gasteiger partial charge in [-0.15, -0.1) is 0 Å². The summed E-state index contributed by atoms with van der Waals surface area (Å²) in [7, 11) is 0. The fourth-order valence-corrected chi connectivity index (χ4v) is 3.46.